The van der Waals surface area contributed by atoms with Crippen molar-refractivity contribution >= 4 is 23.1 Å². The average Bonchev–Trinajstić information content (AvgIpc) is 2.71. The van der Waals surface area contributed by atoms with Gasteiger partial charge in [0.05, 0.1) is 0 Å². The molecule has 0 aliphatic rings. The van der Waals surface area contributed by atoms with Crippen LogP contribution in [0.1, 0.15) is 0 Å². The van der Waals surface area contributed by atoms with Gasteiger partial charge in [0.1, 0.15) is 5.01 Å². The minimum Gasteiger partial charge on any atom is -0.244 e. The van der Waals surface area contributed by atoms with Gasteiger partial charge in [-0.15, -0.1) is 11.3 Å². The third kappa shape index (κ3) is 1.87. The molecule has 66 valence electrons. The molecule has 2 aromatic heterocycles. The molecule has 0 aliphatic heterocycles. The number of hydrogen-bond donors (Lipinski definition) is 0. The minimum absolute atomic E-state index is 0.792. The molecule has 2 aromatic rings. The number of thiazole rings is 1. The third-order valence-electron chi connectivity index (χ3n) is 1.49. The molecule has 0 aliphatic carbocycles. The molecule has 0 spiro atoms. The Bertz CT molecular complexity index is 369. The Labute approximate surface area is 84.3 Å². The fraction of sp³-hybridized carbons (Fsp3) is 0.125. The number of rotatable bonds is 2. The van der Waals surface area contributed by atoms with E-state index in [9.17, 15) is 0 Å². The van der Waals surface area contributed by atoms with E-state index >= 15 is 0 Å². The van der Waals surface area contributed by atoms with Crippen molar-refractivity contribution < 1.29 is 0 Å². The Morgan fingerprint density at radius 2 is 2.00 bits per heavy atom. The molecule has 3 nitrogen and oxygen atoms in total. The van der Waals surface area contributed by atoms with Crippen LogP contribution in [-0.2, 0) is 0 Å². The van der Waals surface area contributed by atoms with Crippen LogP contribution in [0.5, 0.6) is 0 Å². The third-order valence-corrected chi connectivity index (χ3v) is 2.89. The standard InChI is InChI=1S/C8H7N3S2/c1-12-8-10-4-6(5-11-8)7-9-2-3-13-7/h2-5H,1H3. The Kier molecular flexibility index (Phi) is 2.56. The van der Waals surface area contributed by atoms with Crippen LogP contribution in [0.3, 0.4) is 0 Å². The van der Waals surface area contributed by atoms with Gasteiger partial charge < -0.3 is 0 Å². The quantitative estimate of drug-likeness (QED) is 0.562. The molecule has 0 radical (unpaired) electrons. The van der Waals surface area contributed by atoms with Gasteiger partial charge in [-0.25, -0.2) is 15.0 Å². The highest BCUT2D eigenvalue weighted by Crippen LogP contribution is 2.20. The molecule has 0 N–H and O–H groups in total. The van der Waals surface area contributed by atoms with Crippen LogP contribution in [0.15, 0.2) is 29.1 Å². The zero-order chi connectivity index (χ0) is 9.10. The van der Waals surface area contributed by atoms with E-state index < -0.39 is 0 Å². The summed E-state index contributed by atoms with van der Waals surface area (Å²) in [4.78, 5) is 12.5. The summed E-state index contributed by atoms with van der Waals surface area (Å²) in [6, 6.07) is 0. The first-order chi connectivity index (χ1) is 6.40. The van der Waals surface area contributed by atoms with Crippen LogP contribution in [0, 0.1) is 0 Å². The van der Waals surface area contributed by atoms with Gasteiger partial charge in [0.2, 0.25) is 0 Å². The molecule has 0 aromatic carbocycles. The summed E-state index contributed by atoms with van der Waals surface area (Å²) in [5.74, 6) is 0. The highest BCUT2D eigenvalue weighted by molar-refractivity contribution is 7.98. The van der Waals surface area contributed by atoms with E-state index in [1.807, 2.05) is 11.6 Å². The Hall–Kier alpha value is -0.940. The normalized spacial score (nSPS) is 10.2. The van der Waals surface area contributed by atoms with E-state index in [1.54, 1.807) is 29.9 Å². The van der Waals surface area contributed by atoms with Gasteiger partial charge in [-0.1, -0.05) is 11.8 Å². The summed E-state index contributed by atoms with van der Waals surface area (Å²) in [6.07, 6.45) is 7.34. The van der Waals surface area contributed by atoms with Crippen molar-refractivity contribution in [2.45, 2.75) is 5.16 Å². The van der Waals surface area contributed by atoms with Crippen LogP contribution in [0.4, 0.5) is 0 Å². The van der Waals surface area contributed by atoms with Crippen molar-refractivity contribution in [3.05, 3.63) is 24.0 Å². The maximum Gasteiger partial charge on any atom is 0.187 e. The maximum absolute atomic E-state index is 4.17. The smallest absolute Gasteiger partial charge is 0.187 e. The predicted molar refractivity (Wildman–Crippen MR) is 54.9 cm³/mol. The molecule has 5 heteroatoms. The molecule has 0 bridgehead atoms. The second-order valence-electron chi connectivity index (χ2n) is 2.30. The summed E-state index contributed by atoms with van der Waals surface area (Å²) in [7, 11) is 0. The van der Waals surface area contributed by atoms with Gasteiger partial charge in [0, 0.05) is 29.5 Å². The molecule has 13 heavy (non-hydrogen) atoms. The Morgan fingerprint density at radius 1 is 1.23 bits per heavy atom. The van der Waals surface area contributed by atoms with Gasteiger partial charge in [-0.3, -0.25) is 0 Å². The lowest BCUT2D eigenvalue weighted by Crippen LogP contribution is -1.85. The van der Waals surface area contributed by atoms with Gasteiger partial charge in [-0.05, 0) is 6.26 Å². The first kappa shape index (κ1) is 8.65. The average molecular weight is 209 g/mol. The van der Waals surface area contributed by atoms with Gasteiger partial charge in [0.25, 0.3) is 0 Å². The predicted octanol–water partition coefficient (Wildman–Crippen LogP) is 2.32. The Balaban J connectivity index is 2.33. The highest BCUT2D eigenvalue weighted by Gasteiger charge is 2.01. The lowest BCUT2D eigenvalue weighted by Gasteiger charge is -1.95. The first-order valence-corrected chi connectivity index (χ1v) is 5.76. The molecule has 0 atom stereocenters. The minimum atomic E-state index is 0.792. The number of nitrogens with zero attached hydrogens (tertiary/aromatic N) is 3. The van der Waals surface area contributed by atoms with Crippen molar-refractivity contribution in [1.29, 1.82) is 0 Å². The Morgan fingerprint density at radius 3 is 2.54 bits per heavy atom. The van der Waals surface area contributed by atoms with E-state index in [-0.39, 0.29) is 0 Å². The van der Waals surface area contributed by atoms with Crippen molar-refractivity contribution in [3.8, 4) is 10.6 Å². The molecule has 2 rings (SSSR count). The molecule has 0 amide bonds. The van der Waals surface area contributed by atoms with Crippen LogP contribution in [0.25, 0.3) is 10.6 Å². The summed E-state index contributed by atoms with van der Waals surface area (Å²) in [5, 5.41) is 3.70. The topological polar surface area (TPSA) is 38.7 Å². The van der Waals surface area contributed by atoms with Crippen LogP contribution in [-0.4, -0.2) is 21.2 Å². The second-order valence-corrected chi connectivity index (χ2v) is 3.96. The van der Waals surface area contributed by atoms with Gasteiger partial charge in [0.15, 0.2) is 5.16 Å². The van der Waals surface area contributed by atoms with Crippen molar-refractivity contribution in [2.24, 2.45) is 0 Å². The molecule has 0 fully saturated rings. The fourth-order valence-corrected chi connectivity index (χ4v) is 1.83. The fourth-order valence-electron chi connectivity index (χ4n) is 0.898. The summed E-state index contributed by atoms with van der Waals surface area (Å²) in [5.41, 5.74) is 0.979. The summed E-state index contributed by atoms with van der Waals surface area (Å²) in [6.45, 7) is 0. The molecular formula is C8H7N3S2. The van der Waals surface area contributed by atoms with Crippen molar-refractivity contribution in [2.75, 3.05) is 6.26 Å². The first-order valence-electron chi connectivity index (χ1n) is 3.66. The number of hydrogen-bond acceptors (Lipinski definition) is 5. The molecule has 0 saturated heterocycles. The van der Waals surface area contributed by atoms with E-state index in [0.717, 1.165) is 15.7 Å². The molecular weight excluding hydrogens is 202 g/mol. The van der Waals surface area contributed by atoms with E-state index in [2.05, 4.69) is 15.0 Å². The van der Waals surface area contributed by atoms with Crippen molar-refractivity contribution in [1.82, 2.24) is 15.0 Å². The summed E-state index contributed by atoms with van der Waals surface area (Å²) < 4.78 is 0. The highest BCUT2D eigenvalue weighted by atomic mass is 32.2. The second kappa shape index (κ2) is 3.85. The van der Waals surface area contributed by atoms with Crippen LogP contribution < -0.4 is 0 Å². The SMILES string of the molecule is CSc1ncc(-c2nccs2)cn1. The molecule has 2 heterocycles. The lowest BCUT2D eigenvalue weighted by molar-refractivity contribution is 0.972. The van der Waals surface area contributed by atoms with E-state index in [4.69, 9.17) is 0 Å². The number of aromatic nitrogens is 3. The zero-order valence-electron chi connectivity index (χ0n) is 6.97. The monoisotopic (exact) mass is 209 g/mol. The van der Waals surface area contributed by atoms with E-state index in [1.165, 1.54) is 11.8 Å². The lowest BCUT2D eigenvalue weighted by atomic mass is 10.4. The maximum atomic E-state index is 4.17. The van der Waals surface area contributed by atoms with Crippen LogP contribution in [0.2, 0.25) is 0 Å². The van der Waals surface area contributed by atoms with Gasteiger partial charge in [-0.2, -0.15) is 0 Å². The number of thioether (sulfide) groups is 1. The summed E-state index contributed by atoms with van der Waals surface area (Å²) >= 11 is 3.13. The molecule has 0 unspecified atom stereocenters. The van der Waals surface area contributed by atoms with Crippen molar-refractivity contribution in [3.63, 3.8) is 0 Å². The van der Waals surface area contributed by atoms with Crippen LogP contribution >= 0.6 is 23.1 Å². The zero-order valence-corrected chi connectivity index (χ0v) is 8.60. The van der Waals surface area contributed by atoms with E-state index in [0.29, 0.717) is 0 Å². The molecule has 0 saturated carbocycles. The van der Waals surface area contributed by atoms with Gasteiger partial charge >= 0.3 is 0 Å². The largest absolute Gasteiger partial charge is 0.244 e.